The molecule has 1 heterocycles. The molecule has 0 radical (unpaired) electrons. The number of nitrogens with one attached hydrogen (secondary N) is 1. The Labute approximate surface area is 152 Å². The summed E-state index contributed by atoms with van der Waals surface area (Å²) in [6.07, 6.45) is 3.25. The van der Waals surface area contributed by atoms with Gasteiger partial charge in [0, 0.05) is 10.7 Å². The Hall–Kier alpha value is -2.93. The molecule has 25 heavy (non-hydrogen) atoms. The molecule has 0 spiro atoms. The first-order valence-corrected chi connectivity index (χ1v) is 8.30. The fourth-order valence-electron chi connectivity index (χ4n) is 2.13. The Balaban J connectivity index is 1.58. The van der Waals surface area contributed by atoms with Crippen molar-refractivity contribution in [3.63, 3.8) is 0 Å². The van der Waals surface area contributed by atoms with Gasteiger partial charge in [0.2, 0.25) is 0 Å². The highest BCUT2D eigenvalue weighted by Gasteiger charge is 2.08. The zero-order valence-electron chi connectivity index (χ0n) is 13.1. The molecular weight excluding hydrogens is 384 g/mol. The molecule has 3 rings (SSSR count). The lowest BCUT2D eigenvalue weighted by Gasteiger charge is -2.02. The third kappa shape index (κ3) is 4.77. The molecule has 0 unspecified atom stereocenters. The fraction of sp³-hybridized carbons (Fsp3) is 0.0556. The van der Waals surface area contributed by atoms with E-state index in [1.807, 2.05) is 24.3 Å². The van der Waals surface area contributed by atoms with Crippen molar-refractivity contribution in [1.82, 2.24) is 15.2 Å². The van der Waals surface area contributed by atoms with Gasteiger partial charge in [0.05, 0.1) is 12.8 Å². The van der Waals surface area contributed by atoms with E-state index in [0.717, 1.165) is 15.6 Å². The van der Waals surface area contributed by atoms with E-state index in [-0.39, 0.29) is 11.7 Å². The third-order valence-corrected chi connectivity index (χ3v) is 3.93. The van der Waals surface area contributed by atoms with Crippen LogP contribution in [0, 0.1) is 0 Å². The van der Waals surface area contributed by atoms with E-state index in [9.17, 15) is 9.90 Å². The van der Waals surface area contributed by atoms with Crippen LogP contribution in [0.15, 0.2) is 70.4 Å². The van der Waals surface area contributed by atoms with Crippen LogP contribution in [0.3, 0.4) is 0 Å². The minimum Gasteiger partial charge on any atom is -0.508 e. The lowest BCUT2D eigenvalue weighted by molar-refractivity contribution is 0.0949. The van der Waals surface area contributed by atoms with E-state index in [2.05, 4.69) is 31.6 Å². The van der Waals surface area contributed by atoms with E-state index in [1.54, 1.807) is 41.2 Å². The molecule has 126 valence electrons. The van der Waals surface area contributed by atoms with E-state index in [0.29, 0.717) is 12.2 Å². The molecule has 2 aromatic carbocycles. The molecule has 7 heteroatoms. The molecule has 0 atom stereocenters. The molecule has 6 nitrogen and oxygen atoms in total. The van der Waals surface area contributed by atoms with Crippen LogP contribution in [0.2, 0.25) is 0 Å². The smallest absolute Gasteiger partial charge is 0.291 e. The zero-order chi connectivity index (χ0) is 17.6. The number of aromatic hydroxyl groups is 1. The second-order valence-electron chi connectivity index (χ2n) is 5.32. The molecule has 1 amide bonds. The van der Waals surface area contributed by atoms with Gasteiger partial charge < -0.3 is 5.11 Å². The van der Waals surface area contributed by atoms with Gasteiger partial charge in [-0.2, -0.15) is 10.2 Å². The summed E-state index contributed by atoms with van der Waals surface area (Å²) in [6, 6.07) is 16.0. The van der Waals surface area contributed by atoms with Crippen molar-refractivity contribution >= 4 is 28.1 Å². The number of carbonyl (C=O) groups excluding carboxylic acids is 1. The summed E-state index contributed by atoms with van der Waals surface area (Å²) in [6.45, 7) is 0.581. The standard InChI is InChI=1S/C18H15BrN4O2/c19-15-5-1-14(2-6-15)12-23-10-9-17(22-23)18(25)21-20-11-13-3-7-16(24)8-4-13/h1-11,24H,12H2,(H,21,25)/b20-11+. The fourth-order valence-corrected chi connectivity index (χ4v) is 2.40. The van der Waals surface area contributed by atoms with E-state index < -0.39 is 0 Å². The van der Waals surface area contributed by atoms with E-state index >= 15 is 0 Å². The second-order valence-corrected chi connectivity index (χ2v) is 6.23. The number of amides is 1. The molecule has 0 fully saturated rings. The molecule has 0 saturated heterocycles. The van der Waals surface area contributed by atoms with Crippen molar-refractivity contribution in [1.29, 1.82) is 0 Å². The summed E-state index contributed by atoms with van der Waals surface area (Å²) in [5.74, 6) is -0.206. The number of rotatable bonds is 5. The van der Waals surface area contributed by atoms with Crippen LogP contribution in [-0.4, -0.2) is 27.0 Å². The predicted octanol–water partition coefficient (Wildman–Crippen LogP) is 3.16. The summed E-state index contributed by atoms with van der Waals surface area (Å²) in [5.41, 5.74) is 4.57. The Morgan fingerprint density at radius 1 is 1.16 bits per heavy atom. The molecule has 0 bridgehead atoms. The summed E-state index contributed by atoms with van der Waals surface area (Å²) < 4.78 is 2.71. The zero-order valence-corrected chi connectivity index (χ0v) is 14.7. The summed E-state index contributed by atoms with van der Waals surface area (Å²) in [5, 5.41) is 17.4. The van der Waals surface area contributed by atoms with Crippen molar-refractivity contribution < 1.29 is 9.90 Å². The highest BCUT2D eigenvalue weighted by molar-refractivity contribution is 9.10. The van der Waals surface area contributed by atoms with Gasteiger partial charge in [-0.1, -0.05) is 28.1 Å². The van der Waals surface area contributed by atoms with Gasteiger partial charge in [-0.15, -0.1) is 0 Å². The predicted molar refractivity (Wildman–Crippen MR) is 98.6 cm³/mol. The lowest BCUT2D eigenvalue weighted by atomic mass is 10.2. The number of benzene rings is 2. The van der Waals surface area contributed by atoms with Gasteiger partial charge in [-0.05, 0) is 53.6 Å². The highest BCUT2D eigenvalue weighted by Crippen LogP contribution is 2.11. The van der Waals surface area contributed by atoms with Crippen molar-refractivity contribution in [2.24, 2.45) is 5.10 Å². The van der Waals surface area contributed by atoms with Crippen LogP contribution in [0.4, 0.5) is 0 Å². The number of hydrogen-bond donors (Lipinski definition) is 2. The van der Waals surface area contributed by atoms with Gasteiger partial charge in [-0.25, -0.2) is 5.43 Å². The molecule has 0 saturated carbocycles. The lowest BCUT2D eigenvalue weighted by Crippen LogP contribution is -2.18. The Morgan fingerprint density at radius 2 is 1.88 bits per heavy atom. The van der Waals surface area contributed by atoms with Crippen molar-refractivity contribution in [2.75, 3.05) is 0 Å². The molecule has 1 aromatic heterocycles. The van der Waals surface area contributed by atoms with E-state index in [1.165, 1.54) is 6.21 Å². The van der Waals surface area contributed by atoms with Crippen LogP contribution < -0.4 is 5.43 Å². The minimum atomic E-state index is -0.385. The number of aromatic nitrogens is 2. The minimum absolute atomic E-state index is 0.178. The topological polar surface area (TPSA) is 79.5 Å². The van der Waals surface area contributed by atoms with Crippen LogP contribution >= 0.6 is 15.9 Å². The normalized spacial score (nSPS) is 10.9. The summed E-state index contributed by atoms with van der Waals surface area (Å²) in [4.78, 5) is 12.1. The van der Waals surface area contributed by atoms with Crippen LogP contribution in [-0.2, 0) is 6.54 Å². The van der Waals surface area contributed by atoms with Crippen LogP contribution in [0.1, 0.15) is 21.6 Å². The number of nitrogens with zero attached hydrogens (tertiary/aromatic N) is 3. The number of phenolic OH excluding ortho intramolecular Hbond substituents is 1. The Morgan fingerprint density at radius 3 is 2.60 bits per heavy atom. The maximum Gasteiger partial charge on any atom is 0.291 e. The Kier molecular flexibility index (Phi) is 5.25. The average molecular weight is 399 g/mol. The maximum atomic E-state index is 12.1. The van der Waals surface area contributed by atoms with Crippen LogP contribution in [0.5, 0.6) is 5.75 Å². The van der Waals surface area contributed by atoms with Crippen molar-refractivity contribution in [3.8, 4) is 5.75 Å². The molecule has 0 aliphatic rings. The maximum absolute atomic E-state index is 12.1. The number of carbonyl (C=O) groups is 1. The summed E-state index contributed by atoms with van der Waals surface area (Å²) >= 11 is 3.40. The highest BCUT2D eigenvalue weighted by atomic mass is 79.9. The number of hydrazone groups is 1. The SMILES string of the molecule is O=C(N/N=C/c1ccc(O)cc1)c1ccn(Cc2ccc(Br)cc2)n1. The van der Waals surface area contributed by atoms with Gasteiger partial charge in [0.15, 0.2) is 5.69 Å². The monoisotopic (exact) mass is 398 g/mol. The quantitative estimate of drug-likeness (QED) is 0.511. The Bertz CT molecular complexity index is 886. The van der Waals surface area contributed by atoms with Crippen LogP contribution in [0.25, 0.3) is 0 Å². The molecule has 2 N–H and O–H groups in total. The molecule has 3 aromatic rings. The first kappa shape index (κ1) is 16.9. The second kappa shape index (κ2) is 7.76. The van der Waals surface area contributed by atoms with Crippen molar-refractivity contribution in [2.45, 2.75) is 6.54 Å². The van der Waals surface area contributed by atoms with E-state index in [4.69, 9.17) is 0 Å². The summed E-state index contributed by atoms with van der Waals surface area (Å²) in [7, 11) is 0. The first-order chi connectivity index (χ1) is 12.1. The van der Waals surface area contributed by atoms with Gasteiger partial charge >= 0.3 is 0 Å². The number of halogens is 1. The first-order valence-electron chi connectivity index (χ1n) is 7.50. The largest absolute Gasteiger partial charge is 0.508 e. The van der Waals surface area contributed by atoms with Gasteiger partial charge in [-0.3, -0.25) is 9.48 Å². The van der Waals surface area contributed by atoms with Crippen molar-refractivity contribution in [3.05, 3.63) is 82.1 Å². The molecule has 0 aliphatic carbocycles. The third-order valence-electron chi connectivity index (χ3n) is 3.40. The number of hydrogen-bond acceptors (Lipinski definition) is 4. The molecular formula is C18H15BrN4O2. The molecule has 0 aliphatic heterocycles. The van der Waals surface area contributed by atoms with Gasteiger partial charge in [0.1, 0.15) is 5.75 Å². The van der Waals surface area contributed by atoms with Gasteiger partial charge in [0.25, 0.3) is 5.91 Å². The number of phenols is 1. The average Bonchev–Trinajstić information content (AvgIpc) is 3.07.